The maximum atomic E-state index is 12.2. The van der Waals surface area contributed by atoms with Crippen LogP contribution in [0.1, 0.15) is 40.5 Å². The van der Waals surface area contributed by atoms with Crippen molar-refractivity contribution < 1.29 is 27.6 Å². The first kappa shape index (κ1) is 14.7. The van der Waals surface area contributed by atoms with Crippen molar-refractivity contribution in [2.24, 2.45) is 0 Å². The average molecular weight is 323 g/mol. The number of rotatable bonds is 2. The zero-order valence-electron chi connectivity index (χ0n) is 11.7. The molecular weight excluding hydrogens is 310 g/mol. The zero-order valence-corrected chi connectivity index (χ0v) is 12.6. The monoisotopic (exact) mass is 323 g/mol. The first-order valence-electron chi connectivity index (χ1n) is 6.70. The molecule has 3 rings (SSSR count). The molecule has 1 atom stereocenters. The summed E-state index contributed by atoms with van der Waals surface area (Å²) < 4.78 is 22.3. The molecule has 0 N–H and O–H groups in total. The van der Waals surface area contributed by atoms with E-state index < -0.39 is 32.4 Å². The topological polar surface area (TPSA) is 97.8 Å². The summed E-state index contributed by atoms with van der Waals surface area (Å²) in [4.78, 5) is 41.3. The van der Waals surface area contributed by atoms with Gasteiger partial charge in [-0.1, -0.05) is 17.2 Å². The SMILES string of the molecule is CC1(C(=O)ON2C(=O)c3ccccc3C2=O)CCCS1(=O)=O. The molecule has 1 aromatic carbocycles. The molecule has 22 heavy (non-hydrogen) atoms. The molecule has 1 aromatic rings. The molecule has 2 amide bonds. The van der Waals surface area contributed by atoms with Gasteiger partial charge in [-0.25, -0.2) is 13.2 Å². The fourth-order valence-electron chi connectivity index (χ4n) is 2.64. The lowest BCUT2D eigenvalue weighted by Gasteiger charge is -2.22. The number of hydrogen-bond acceptors (Lipinski definition) is 6. The maximum absolute atomic E-state index is 12.2. The Kier molecular flexibility index (Phi) is 3.10. The first-order valence-corrected chi connectivity index (χ1v) is 8.36. The summed E-state index contributed by atoms with van der Waals surface area (Å²) >= 11 is 0. The largest absolute Gasteiger partial charge is 0.354 e. The van der Waals surface area contributed by atoms with Crippen molar-refractivity contribution >= 4 is 27.6 Å². The van der Waals surface area contributed by atoms with Gasteiger partial charge in [0, 0.05) is 0 Å². The average Bonchev–Trinajstić information content (AvgIpc) is 2.89. The normalized spacial score (nSPS) is 26.1. The lowest BCUT2D eigenvalue weighted by molar-refractivity contribution is -0.171. The molecule has 2 aliphatic rings. The Morgan fingerprint density at radius 3 is 2.18 bits per heavy atom. The molecule has 116 valence electrons. The van der Waals surface area contributed by atoms with Crippen molar-refractivity contribution in [3.8, 4) is 0 Å². The quantitative estimate of drug-likeness (QED) is 0.743. The van der Waals surface area contributed by atoms with Gasteiger partial charge in [-0.2, -0.15) is 0 Å². The molecule has 0 aliphatic carbocycles. The summed E-state index contributed by atoms with van der Waals surface area (Å²) in [5.74, 6) is -2.75. The van der Waals surface area contributed by atoms with Gasteiger partial charge < -0.3 is 4.84 Å². The molecule has 0 saturated carbocycles. The van der Waals surface area contributed by atoms with Crippen molar-refractivity contribution in [1.82, 2.24) is 5.06 Å². The predicted molar refractivity (Wildman–Crippen MR) is 74.5 cm³/mol. The number of carbonyl (C=O) groups is 3. The standard InChI is InChI=1S/C14H13NO6S/c1-14(7-4-8-22(14,19)20)13(18)21-15-11(16)9-5-2-3-6-10(9)12(15)17/h2-3,5-6H,4,7-8H2,1H3. The second kappa shape index (κ2) is 4.64. The number of hydroxylamine groups is 2. The lowest BCUT2D eigenvalue weighted by atomic mass is 10.1. The molecule has 1 saturated heterocycles. The second-order valence-corrected chi connectivity index (χ2v) is 8.02. The molecule has 0 radical (unpaired) electrons. The van der Waals surface area contributed by atoms with Gasteiger partial charge in [0.1, 0.15) is 0 Å². The van der Waals surface area contributed by atoms with Gasteiger partial charge in [0.15, 0.2) is 14.6 Å². The van der Waals surface area contributed by atoms with E-state index in [1.165, 1.54) is 19.1 Å². The van der Waals surface area contributed by atoms with Crippen LogP contribution in [0.15, 0.2) is 24.3 Å². The summed E-state index contributed by atoms with van der Waals surface area (Å²) in [7, 11) is -3.65. The van der Waals surface area contributed by atoms with Gasteiger partial charge in [0.05, 0.1) is 16.9 Å². The smallest absolute Gasteiger partial charge is 0.328 e. The van der Waals surface area contributed by atoms with Crippen molar-refractivity contribution in [3.63, 3.8) is 0 Å². The van der Waals surface area contributed by atoms with Crippen LogP contribution in [0.3, 0.4) is 0 Å². The van der Waals surface area contributed by atoms with E-state index in [-0.39, 0.29) is 23.3 Å². The number of imide groups is 1. The third-order valence-corrected chi connectivity index (χ3v) is 6.69. The molecule has 8 heteroatoms. The maximum Gasteiger partial charge on any atom is 0.354 e. The minimum absolute atomic E-state index is 0.108. The van der Waals surface area contributed by atoms with E-state index >= 15 is 0 Å². The Labute approximate surface area is 126 Å². The highest BCUT2D eigenvalue weighted by atomic mass is 32.2. The van der Waals surface area contributed by atoms with Gasteiger partial charge >= 0.3 is 5.97 Å². The molecule has 1 unspecified atom stereocenters. The van der Waals surface area contributed by atoms with E-state index in [1.807, 2.05) is 0 Å². The molecule has 0 aromatic heterocycles. The number of sulfone groups is 1. The van der Waals surface area contributed by atoms with Crippen molar-refractivity contribution in [2.75, 3.05) is 5.75 Å². The highest BCUT2D eigenvalue weighted by molar-refractivity contribution is 7.93. The molecule has 1 fully saturated rings. The molecule has 0 spiro atoms. The number of hydrogen-bond donors (Lipinski definition) is 0. The van der Waals surface area contributed by atoms with Crippen LogP contribution in [0.5, 0.6) is 0 Å². The number of benzene rings is 1. The Morgan fingerprint density at radius 2 is 1.73 bits per heavy atom. The summed E-state index contributed by atoms with van der Waals surface area (Å²) in [5, 5.41) is 0.339. The summed E-state index contributed by atoms with van der Waals surface area (Å²) in [6, 6.07) is 6.05. The second-order valence-electron chi connectivity index (χ2n) is 5.48. The van der Waals surface area contributed by atoms with Crippen molar-refractivity contribution in [3.05, 3.63) is 35.4 Å². The van der Waals surface area contributed by atoms with Crippen LogP contribution < -0.4 is 0 Å². The molecule has 0 bridgehead atoms. The number of fused-ring (bicyclic) bond motifs is 1. The van der Waals surface area contributed by atoms with Crippen molar-refractivity contribution in [1.29, 1.82) is 0 Å². The van der Waals surface area contributed by atoms with Crippen LogP contribution in [0, 0.1) is 0 Å². The predicted octanol–water partition coefficient (Wildman–Crippen LogP) is 0.708. The minimum Gasteiger partial charge on any atom is -0.328 e. The lowest BCUT2D eigenvalue weighted by Crippen LogP contribution is -2.46. The number of carbonyl (C=O) groups excluding carboxylic acids is 3. The third kappa shape index (κ3) is 1.87. The molecule has 2 heterocycles. The fraction of sp³-hybridized carbons (Fsp3) is 0.357. The Balaban J connectivity index is 1.88. The summed E-state index contributed by atoms with van der Waals surface area (Å²) in [6.07, 6.45) is 0.452. The first-order chi connectivity index (χ1) is 10.3. The zero-order chi connectivity index (χ0) is 16.1. The molecule has 7 nitrogen and oxygen atoms in total. The van der Waals surface area contributed by atoms with Crippen LogP contribution in [-0.2, 0) is 19.5 Å². The highest BCUT2D eigenvalue weighted by Crippen LogP contribution is 2.34. The Bertz CT molecular complexity index is 764. The van der Waals surface area contributed by atoms with Gasteiger partial charge in [0.25, 0.3) is 11.8 Å². The number of nitrogens with zero attached hydrogens (tertiary/aromatic N) is 1. The minimum atomic E-state index is -3.65. The van der Waals surface area contributed by atoms with E-state index in [0.29, 0.717) is 11.5 Å². The van der Waals surface area contributed by atoms with E-state index in [2.05, 4.69) is 0 Å². The van der Waals surface area contributed by atoms with Crippen LogP contribution in [0.4, 0.5) is 0 Å². The van der Waals surface area contributed by atoms with E-state index in [9.17, 15) is 22.8 Å². The van der Waals surface area contributed by atoms with Crippen LogP contribution in [-0.4, -0.2) is 41.8 Å². The fourth-order valence-corrected chi connectivity index (χ4v) is 4.36. The Morgan fingerprint density at radius 1 is 1.18 bits per heavy atom. The van der Waals surface area contributed by atoms with E-state index in [1.54, 1.807) is 12.1 Å². The third-order valence-electron chi connectivity index (χ3n) is 4.12. The van der Waals surface area contributed by atoms with Crippen LogP contribution in [0.2, 0.25) is 0 Å². The summed E-state index contributed by atoms with van der Waals surface area (Å²) in [6.45, 7) is 1.26. The van der Waals surface area contributed by atoms with Crippen LogP contribution in [0.25, 0.3) is 0 Å². The highest BCUT2D eigenvalue weighted by Gasteiger charge is 2.53. The van der Waals surface area contributed by atoms with Gasteiger partial charge in [-0.3, -0.25) is 9.59 Å². The number of amides is 2. The molecule has 2 aliphatic heterocycles. The van der Waals surface area contributed by atoms with Gasteiger partial charge in [-0.15, -0.1) is 0 Å². The van der Waals surface area contributed by atoms with Gasteiger partial charge in [0.2, 0.25) is 0 Å². The van der Waals surface area contributed by atoms with E-state index in [4.69, 9.17) is 4.84 Å². The van der Waals surface area contributed by atoms with Crippen LogP contribution >= 0.6 is 0 Å². The van der Waals surface area contributed by atoms with Crippen molar-refractivity contribution in [2.45, 2.75) is 24.5 Å². The summed E-state index contributed by atoms with van der Waals surface area (Å²) in [5.41, 5.74) is 0.250. The van der Waals surface area contributed by atoms with E-state index in [0.717, 1.165) is 0 Å². The van der Waals surface area contributed by atoms with Gasteiger partial charge in [-0.05, 0) is 31.9 Å². The molecular formula is C14H13NO6S. The Hall–Kier alpha value is -2.22.